The van der Waals surface area contributed by atoms with Gasteiger partial charge in [-0.15, -0.1) is 0 Å². The minimum Gasteiger partial charge on any atom is -0.471 e. The lowest BCUT2D eigenvalue weighted by atomic mass is 10.1. The van der Waals surface area contributed by atoms with Gasteiger partial charge in [0.05, 0.1) is 22.7 Å². The van der Waals surface area contributed by atoms with Crippen LogP contribution in [0.1, 0.15) is 89.4 Å². The van der Waals surface area contributed by atoms with E-state index in [4.69, 9.17) is 20.8 Å². The Balaban J connectivity index is 1.15. The van der Waals surface area contributed by atoms with Gasteiger partial charge in [0, 0.05) is 32.4 Å². The van der Waals surface area contributed by atoms with Crippen LogP contribution in [-0.2, 0) is 23.7 Å². The van der Waals surface area contributed by atoms with Crippen LogP contribution in [0, 0.1) is 0 Å². The Morgan fingerprint density at radius 1 is 0.820 bits per heavy atom. The maximum absolute atomic E-state index is 14.5. The first-order valence-electron chi connectivity index (χ1n) is 20.5. The average Bonchev–Trinajstić information content (AvgIpc) is 3.81. The number of unbranched alkanes of at least 4 members (excludes halogenated alkanes) is 9. The molecule has 6 rings (SSSR count). The topological polar surface area (TPSA) is 201 Å². The van der Waals surface area contributed by atoms with Crippen LogP contribution in [0.3, 0.4) is 0 Å². The summed E-state index contributed by atoms with van der Waals surface area (Å²) < 4.78 is 15.1. The van der Waals surface area contributed by atoms with Gasteiger partial charge in [0.2, 0.25) is 11.6 Å². The number of nitrogens with one attached hydrogen (secondary N) is 4. The molecular weight excluding hydrogens is 804 g/mol. The van der Waals surface area contributed by atoms with Crippen molar-refractivity contribution in [3.05, 3.63) is 121 Å². The molecule has 2 amide bonds. The van der Waals surface area contributed by atoms with Gasteiger partial charge in [-0.25, -0.2) is 33.2 Å². The van der Waals surface area contributed by atoms with Crippen LogP contribution in [0.4, 0.5) is 22.9 Å². The maximum Gasteiger partial charge on any atom is 0.348 e. The number of para-hydroxylation sites is 2. The first-order valence-corrected chi connectivity index (χ1v) is 20.8. The van der Waals surface area contributed by atoms with E-state index in [1.165, 1.54) is 89.7 Å². The predicted octanol–water partition coefficient (Wildman–Crippen LogP) is 7.04. The van der Waals surface area contributed by atoms with E-state index in [2.05, 4.69) is 38.3 Å². The van der Waals surface area contributed by atoms with Crippen molar-refractivity contribution in [2.75, 3.05) is 28.1 Å². The summed E-state index contributed by atoms with van der Waals surface area (Å²) in [5.41, 5.74) is 1.44. The molecule has 0 aliphatic heterocycles. The molecule has 4 N–H and O–H groups in total. The number of carbonyl (C=O) groups excluding carboxylic acids is 2. The van der Waals surface area contributed by atoms with E-state index in [1.807, 2.05) is 6.07 Å². The number of ether oxygens (including phenoxy) is 1. The van der Waals surface area contributed by atoms with Crippen LogP contribution in [0.15, 0.2) is 98.0 Å². The molecule has 0 spiro atoms. The maximum atomic E-state index is 14.5. The van der Waals surface area contributed by atoms with Crippen LogP contribution >= 0.6 is 11.6 Å². The lowest BCUT2D eigenvalue weighted by Gasteiger charge is -2.21. The summed E-state index contributed by atoms with van der Waals surface area (Å²) >= 11 is 6.59. The van der Waals surface area contributed by atoms with Crippen molar-refractivity contribution in [1.82, 2.24) is 28.6 Å². The molecule has 1 unspecified atom stereocenters. The number of nitrogens with zero attached hydrogens (tertiary/aromatic N) is 6. The molecule has 6 aromatic rings. The summed E-state index contributed by atoms with van der Waals surface area (Å²) in [6.45, 7) is 2.19. The highest BCUT2D eigenvalue weighted by Crippen LogP contribution is 2.29. The van der Waals surface area contributed by atoms with Gasteiger partial charge in [0.15, 0.2) is 18.6 Å². The zero-order valence-corrected chi connectivity index (χ0v) is 35.2. The molecule has 0 radical (unpaired) electrons. The van der Waals surface area contributed by atoms with Gasteiger partial charge in [0.25, 0.3) is 11.5 Å². The number of pyridine rings is 1. The molecule has 4 aromatic heterocycles. The first-order chi connectivity index (χ1) is 29.6. The van der Waals surface area contributed by atoms with E-state index in [-0.39, 0.29) is 46.1 Å². The van der Waals surface area contributed by atoms with E-state index < -0.39 is 28.9 Å². The largest absolute Gasteiger partial charge is 0.471 e. The minimum absolute atomic E-state index is 0.0308. The lowest BCUT2D eigenvalue weighted by Crippen LogP contribution is -2.44. The van der Waals surface area contributed by atoms with Crippen LogP contribution in [0.5, 0.6) is 5.75 Å². The van der Waals surface area contributed by atoms with Crippen molar-refractivity contribution in [1.29, 1.82) is 0 Å². The minimum atomic E-state index is -1.83. The number of fused-ring (bicyclic) bond motifs is 1. The first kappa shape index (κ1) is 43.9. The van der Waals surface area contributed by atoms with E-state index >= 15 is 0 Å². The number of halogens is 1. The molecule has 18 heteroatoms. The molecule has 0 fully saturated rings. The molecule has 0 bridgehead atoms. The SMILES string of the molecule is CCCCCCCCCCCCC(=O)Nc1ccccc1OCNc1ccc(Cl)c(NC(=O)C(c2nc3occc3c(=O)n2Nc2ccccn2)n2c(=O)n(C)n(C)c2=O)c1. The molecule has 0 saturated heterocycles. The Morgan fingerprint density at radius 3 is 2.21 bits per heavy atom. The summed E-state index contributed by atoms with van der Waals surface area (Å²) in [6.07, 6.45) is 15.0. The van der Waals surface area contributed by atoms with Gasteiger partial charge in [0.1, 0.15) is 17.0 Å². The van der Waals surface area contributed by atoms with E-state index in [9.17, 15) is 24.0 Å². The number of furan rings is 1. The molecule has 2 aromatic carbocycles. The second-order valence-electron chi connectivity index (χ2n) is 14.6. The van der Waals surface area contributed by atoms with E-state index in [0.717, 1.165) is 33.3 Å². The smallest absolute Gasteiger partial charge is 0.348 e. The van der Waals surface area contributed by atoms with Gasteiger partial charge >= 0.3 is 11.4 Å². The summed E-state index contributed by atoms with van der Waals surface area (Å²) in [7, 11) is 2.72. The second-order valence-corrected chi connectivity index (χ2v) is 15.0. The van der Waals surface area contributed by atoms with Gasteiger partial charge in [-0.1, -0.05) is 94.5 Å². The Hall–Kier alpha value is -6.62. The van der Waals surface area contributed by atoms with Crippen molar-refractivity contribution < 1.29 is 18.7 Å². The predicted molar refractivity (Wildman–Crippen MR) is 235 cm³/mol. The highest BCUT2D eigenvalue weighted by Gasteiger charge is 2.34. The number of benzene rings is 2. The van der Waals surface area contributed by atoms with Crippen LogP contribution in [0.25, 0.3) is 11.1 Å². The zero-order valence-electron chi connectivity index (χ0n) is 34.5. The summed E-state index contributed by atoms with van der Waals surface area (Å²) in [4.78, 5) is 77.0. The van der Waals surface area contributed by atoms with E-state index in [0.29, 0.717) is 28.1 Å². The van der Waals surface area contributed by atoms with Crippen molar-refractivity contribution in [2.45, 2.75) is 83.6 Å². The molecular formula is C43H51ClN10O7. The normalized spacial score (nSPS) is 11.7. The molecule has 1 atom stereocenters. The Kier molecular flexibility index (Phi) is 15.2. The average molecular weight is 855 g/mol. The van der Waals surface area contributed by atoms with Gasteiger partial charge < -0.3 is 25.1 Å². The molecule has 0 aliphatic rings. The third-order valence-corrected chi connectivity index (χ3v) is 10.6. The number of aromatic nitrogens is 6. The number of anilines is 4. The number of hydrogen-bond acceptors (Lipinski definition) is 11. The number of amides is 2. The highest BCUT2D eigenvalue weighted by atomic mass is 35.5. The zero-order chi connectivity index (χ0) is 43.3. The van der Waals surface area contributed by atoms with Gasteiger partial charge in [-0.3, -0.25) is 19.8 Å². The number of rotatable bonds is 22. The molecule has 0 saturated carbocycles. The van der Waals surface area contributed by atoms with Crippen LogP contribution in [-0.4, -0.2) is 47.1 Å². The lowest BCUT2D eigenvalue weighted by molar-refractivity contribution is -0.118. The molecule has 17 nitrogen and oxygen atoms in total. The molecule has 0 aliphatic carbocycles. The fraction of sp³-hybridized carbons (Fsp3) is 0.372. The van der Waals surface area contributed by atoms with Crippen molar-refractivity contribution in [3.8, 4) is 5.75 Å². The van der Waals surface area contributed by atoms with Crippen molar-refractivity contribution >= 4 is 57.4 Å². The van der Waals surface area contributed by atoms with E-state index in [1.54, 1.807) is 42.5 Å². The Bertz CT molecular complexity index is 2580. The molecule has 61 heavy (non-hydrogen) atoms. The standard InChI is InChI=1S/C43H51ClN10O7/c1-4-5-6-7-8-9-10-11-12-13-21-36(55)47-32-18-14-15-19-34(32)61-28-46-29-22-23-31(44)33(27-29)48-39(56)37(53-42(58)51(2)52(3)43(53)59)38-49-40-30(24-26-60-40)41(57)54(38)50-35-20-16-17-25-45-35/h14-20,22-27,37,46H,4-13,21,28H2,1-3H3,(H,45,50)(H,47,55)(H,48,56). The fourth-order valence-corrected chi connectivity index (χ4v) is 6.96. The number of carbonyl (C=O) groups is 2. The van der Waals surface area contributed by atoms with Gasteiger partial charge in [-0.05, 0) is 55.0 Å². The summed E-state index contributed by atoms with van der Waals surface area (Å²) in [6, 6.07) is 16.4. The molecule has 4 heterocycles. The quantitative estimate of drug-likeness (QED) is 0.0403. The monoisotopic (exact) mass is 854 g/mol. The third kappa shape index (κ3) is 11.0. The number of hydrogen-bond donors (Lipinski definition) is 4. The summed E-state index contributed by atoms with van der Waals surface area (Å²) in [5, 5.41) is 9.00. The van der Waals surface area contributed by atoms with Crippen molar-refractivity contribution in [3.63, 3.8) is 0 Å². The van der Waals surface area contributed by atoms with Crippen LogP contribution in [0.2, 0.25) is 5.02 Å². The third-order valence-electron chi connectivity index (χ3n) is 10.2. The van der Waals surface area contributed by atoms with Crippen molar-refractivity contribution in [2.24, 2.45) is 14.1 Å². The highest BCUT2D eigenvalue weighted by molar-refractivity contribution is 6.33. The second kappa shape index (κ2) is 21.1. The van der Waals surface area contributed by atoms with Crippen LogP contribution < -0.4 is 43.1 Å². The molecule has 322 valence electrons. The fourth-order valence-electron chi connectivity index (χ4n) is 6.80. The van der Waals surface area contributed by atoms with Gasteiger partial charge in [-0.2, -0.15) is 4.98 Å². The Labute approximate surface area is 356 Å². The Morgan fingerprint density at radius 2 is 1.51 bits per heavy atom. The summed E-state index contributed by atoms with van der Waals surface area (Å²) in [5.74, 6) is -0.703.